The van der Waals surface area contributed by atoms with Crippen molar-refractivity contribution < 1.29 is 46.2 Å². The third kappa shape index (κ3) is 3.88. The molecule has 2 saturated heterocycles. The van der Waals surface area contributed by atoms with Gasteiger partial charge in [-0.25, -0.2) is 9.80 Å². The Bertz CT molecular complexity index is 1830. The molecule has 4 aliphatic carbocycles. The number of halogens is 4. The van der Waals surface area contributed by atoms with Gasteiger partial charge >= 0.3 is 0 Å². The molecule has 242 valence electrons. The number of nitrogens with zero attached hydrogens (tertiary/aromatic N) is 2. The number of imide groups is 2. The number of carbonyl (C=O) groups is 4. The van der Waals surface area contributed by atoms with Gasteiger partial charge in [-0.1, -0.05) is 36.4 Å². The van der Waals surface area contributed by atoms with E-state index in [1.807, 2.05) is 24.3 Å². The zero-order valence-electron chi connectivity index (χ0n) is 24.8. The third-order valence-electron chi connectivity index (χ3n) is 10.7. The molecule has 6 aliphatic rings. The van der Waals surface area contributed by atoms with Gasteiger partial charge in [0.1, 0.15) is 11.5 Å². The van der Waals surface area contributed by atoms with Crippen LogP contribution in [0.1, 0.15) is 12.8 Å². The van der Waals surface area contributed by atoms with Crippen LogP contribution < -0.4 is 19.3 Å². The number of anilines is 2. The van der Waals surface area contributed by atoms with Crippen LogP contribution in [0.25, 0.3) is 0 Å². The molecule has 12 heteroatoms. The van der Waals surface area contributed by atoms with E-state index in [0.29, 0.717) is 0 Å². The monoisotopic (exact) mass is 656 g/mol. The molecule has 9 rings (SSSR count). The molecule has 2 heterocycles. The summed E-state index contributed by atoms with van der Waals surface area (Å²) in [6.07, 6.45) is 9.25. The van der Waals surface area contributed by atoms with E-state index in [9.17, 15) is 19.2 Å². The average Bonchev–Trinajstić information content (AvgIpc) is 3.94. The van der Waals surface area contributed by atoms with Crippen LogP contribution in [0.3, 0.4) is 0 Å². The standard InChI is InChI=1S/C36H24F4N2O6/c37-27-29(39)32(48-22-6-2-4-20(14-22)42-35(45)25-17-9-10-18(12-17)26(25)36(42)46)30(40)28(38)31(27)47-21-5-1-3-19(13-21)41-33(43)23-15-7-8-16(11-15)24(23)34(41)44/h1-10,13-18,23-26H,11-12H2. The largest absolute Gasteiger partial charge is 0.451 e. The SMILES string of the molecule is O=C1C2C3C=CC(C3)C2C(=O)N1c1cccc(Oc2c(F)c(F)c(Oc3cccc(N4C(=O)C5C6C=CC(C6)C5C4=O)c3)c(F)c2F)c1. The van der Waals surface area contributed by atoms with Crippen molar-refractivity contribution in [3.8, 4) is 23.0 Å². The maximum atomic E-state index is 15.3. The van der Waals surface area contributed by atoms with Crippen LogP contribution in [0, 0.1) is 70.6 Å². The second kappa shape index (κ2) is 10.1. The quantitative estimate of drug-likeness (QED) is 0.131. The fourth-order valence-corrected chi connectivity index (χ4v) is 8.69. The Kier molecular flexibility index (Phi) is 6.10. The van der Waals surface area contributed by atoms with Gasteiger partial charge in [0.25, 0.3) is 0 Å². The van der Waals surface area contributed by atoms with Gasteiger partial charge in [-0.2, -0.15) is 17.6 Å². The minimum Gasteiger partial charge on any atom is -0.451 e. The van der Waals surface area contributed by atoms with Crippen molar-refractivity contribution in [2.45, 2.75) is 12.8 Å². The van der Waals surface area contributed by atoms with E-state index in [4.69, 9.17) is 9.47 Å². The zero-order chi connectivity index (χ0) is 33.2. The Balaban J connectivity index is 0.970. The summed E-state index contributed by atoms with van der Waals surface area (Å²) in [5, 5.41) is 0. The first kappa shape index (κ1) is 28.9. The molecule has 0 N–H and O–H groups in total. The number of allylic oxidation sites excluding steroid dienone is 4. The molecule has 4 amide bonds. The van der Waals surface area contributed by atoms with Crippen molar-refractivity contribution >= 4 is 35.0 Å². The molecule has 8 atom stereocenters. The van der Waals surface area contributed by atoms with E-state index in [2.05, 4.69) is 0 Å². The molecule has 2 aliphatic heterocycles. The van der Waals surface area contributed by atoms with Crippen LogP contribution in [-0.2, 0) is 19.2 Å². The number of fused-ring (bicyclic) bond motifs is 10. The number of ether oxygens (including phenoxy) is 2. The summed E-state index contributed by atoms with van der Waals surface area (Å²) in [6.45, 7) is 0. The summed E-state index contributed by atoms with van der Waals surface area (Å²) >= 11 is 0. The van der Waals surface area contributed by atoms with Crippen LogP contribution in [0.4, 0.5) is 28.9 Å². The minimum absolute atomic E-state index is 0.0317. The van der Waals surface area contributed by atoms with E-state index >= 15 is 17.6 Å². The number of hydrogen-bond donors (Lipinski definition) is 0. The van der Waals surface area contributed by atoms with Crippen LogP contribution in [0.2, 0.25) is 0 Å². The summed E-state index contributed by atoms with van der Waals surface area (Å²) < 4.78 is 71.7. The van der Waals surface area contributed by atoms with Crippen LogP contribution in [0.5, 0.6) is 23.0 Å². The average molecular weight is 657 g/mol. The molecule has 3 aromatic carbocycles. The highest BCUT2D eigenvalue weighted by atomic mass is 19.2. The summed E-state index contributed by atoms with van der Waals surface area (Å²) in [5.74, 6) is -14.5. The fourth-order valence-electron chi connectivity index (χ4n) is 8.69. The Labute approximate surface area is 270 Å². The highest BCUT2D eigenvalue weighted by molar-refractivity contribution is 6.23. The van der Waals surface area contributed by atoms with Crippen molar-refractivity contribution in [1.29, 1.82) is 0 Å². The molecule has 48 heavy (non-hydrogen) atoms. The van der Waals surface area contributed by atoms with Gasteiger partial charge in [-0.05, 0) is 60.8 Å². The second-order valence-corrected chi connectivity index (χ2v) is 13.1. The molecular weight excluding hydrogens is 632 g/mol. The minimum atomic E-state index is -1.89. The molecule has 8 unspecified atom stereocenters. The molecule has 0 spiro atoms. The number of benzene rings is 3. The first-order valence-corrected chi connectivity index (χ1v) is 15.7. The third-order valence-corrected chi connectivity index (χ3v) is 10.7. The lowest BCUT2D eigenvalue weighted by Gasteiger charge is -2.19. The van der Waals surface area contributed by atoms with Gasteiger partial charge in [-0.3, -0.25) is 19.2 Å². The number of rotatable bonds is 6. The maximum Gasteiger partial charge on any atom is 0.238 e. The van der Waals surface area contributed by atoms with Gasteiger partial charge in [0.15, 0.2) is 0 Å². The first-order valence-electron chi connectivity index (χ1n) is 15.7. The molecule has 4 fully saturated rings. The molecule has 0 aromatic heterocycles. The number of hydrogen-bond acceptors (Lipinski definition) is 6. The van der Waals surface area contributed by atoms with Gasteiger partial charge in [-0.15, -0.1) is 0 Å². The van der Waals surface area contributed by atoms with Gasteiger partial charge in [0.2, 0.25) is 58.4 Å². The van der Waals surface area contributed by atoms with Crippen molar-refractivity contribution in [2.75, 3.05) is 9.80 Å². The lowest BCUT2D eigenvalue weighted by Crippen LogP contribution is -2.32. The Morgan fingerprint density at radius 1 is 0.500 bits per heavy atom. The molecule has 8 nitrogen and oxygen atoms in total. The van der Waals surface area contributed by atoms with E-state index in [1.165, 1.54) is 48.5 Å². The van der Waals surface area contributed by atoms with Crippen molar-refractivity contribution in [3.05, 3.63) is 96.1 Å². The predicted molar refractivity (Wildman–Crippen MR) is 160 cm³/mol. The first-order chi connectivity index (χ1) is 23.1. The Morgan fingerprint density at radius 3 is 1.12 bits per heavy atom. The van der Waals surface area contributed by atoms with Gasteiger partial charge in [0, 0.05) is 12.1 Å². The summed E-state index contributed by atoms with van der Waals surface area (Å²) in [7, 11) is 0. The molecule has 4 bridgehead atoms. The summed E-state index contributed by atoms with van der Waals surface area (Å²) in [5.41, 5.74) is 0.195. The zero-order valence-corrected chi connectivity index (χ0v) is 24.8. The van der Waals surface area contributed by atoms with Crippen LogP contribution in [-0.4, -0.2) is 23.6 Å². The molecular formula is C36H24F4N2O6. The maximum absolute atomic E-state index is 15.3. The van der Waals surface area contributed by atoms with E-state index in [1.54, 1.807) is 0 Å². The fraction of sp³-hybridized carbons (Fsp3) is 0.278. The van der Waals surface area contributed by atoms with E-state index < -0.39 is 58.4 Å². The Morgan fingerprint density at radius 2 is 0.812 bits per heavy atom. The number of carbonyl (C=O) groups excluding carboxylic acids is 4. The van der Waals surface area contributed by atoms with Gasteiger partial charge in [0.05, 0.1) is 35.0 Å². The normalized spacial score (nSPS) is 30.7. The van der Waals surface area contributed by atoms with Gasteiger partial charge < -0.3 is 9.47 Å². The lowest BCUT2D eigenvalue weighted by atomic mass is 9.85. The van der Waals surface area contributed by atoms with Crippen molar-refractivity contribution in [2.24, 2.45) is 47.3 Å². The highest BCUT2D eigenvalue weighted by Crippen LogP contribution is 2.55. The van der Waals surface area contributed by atoms with Crippen LogP contribution >= 0.6 is 0 Å². The summed E-state index contributed by atoms with van der Waals surface area (Å²) in [6, 6.07) is 10.5. The van der Waals surface area contributed by atoms with E-state index in [-0.39, 0.29) is 70.2 Å². The number of amides is 4. The topological polar surface area (TPSA) is 93.2 Å². The van der Waals surface area contributed by atoms with Crippen molar-refractivity contribution in [3.63, 3.8) is 0 Å². The Hall–Kier alpha value is -5.26. The van der Waals surface area contributed by atoms with Crippen molar-refractivity contribution in [1.82, 2.24) is 0 Å². The predicted octanol–water partition coefficient (Wildman–Crippen LogP) is 6.45. The summed E-state index contributed by atoms with van der Waals surface area (Å²) in [4.78, 5) is 54.8. The molecule has 0 radical (unpaired) electrons. The molecule has 2 saturated carbocycles. The lowest BCUT2D eigenvalue weighted by molar-refractivity contribution is -0.124. The smallest absolute Gasteiger partial charge is 0.238 e. The highest BCUT2D eigenvalue weighted by Gasteiger charge is 2.60. The second-order valence-electron chi connectivity index (χ2n) is 13.1. The van der Waals surface area contributed by atoms with E-state index in [0.717, 1.165) is 22.6 Å². The molecule has 3 aromatic rings. The van der Waals surface area contributed by atoms with Crippen LogP contribution in [0.15, 0.2) is 72.8 Å².